The average Bonchev–Trinajstić information content (AvgIpc) is 3.10. The maximum absolute atomic E-state index is 12.0. The first-order valence-electron chi connectivity index (χ1n) is 6.46. The third kappa shape index (κ3) is 3.58. The van der Waals surface area contributed by atoms with E-state index < -0.39 is 26.6 Å². The first-order valence-corrected chi connectivity index (χ1v) is 7.94. The number of sulfonamides is 1. The second-order valence-corrected chi connectivity index (χ2v) is 6.36. The minimum absolute atomic E-state index is 0.0375. The molecule has 2 rings (SSSR count). The summed E-state index contributed by atoms with van der Waals surface area (Å²) in [4.78, 5) is 24.3. The number of aromatic amines is 1. The van der Waals surface area contributed by atoms with Crippen LogP contribution in [0.1, 0.15) is 29.6 Å². The van der Waals surface area contributed by atoms with E-state index in [9.17, 15) is 18.0 Å². The molecule has 1 aromatic rings. The minimum Gasteiger partial charge on any atom is -0.478 e. The summed E-state index contributed by atoms with van der Waals surface area (Å²) < 4.78 is 26.1. The van der Waals surface area contributed by atoms with Gasteiger partial charge in [0, 0.05) is 26.1 Å². The van der Waals surface area contributed by atoms with Gasteiger partial charge in [-0.25, -0.2) is 17.9 Å². The summed E-state index contributed by atoms with van der Waals surface area (Å²) in [5.74, 6) is -1.50. The Morgan fingerprint density at radius 1 is 1.38 bits per heavy atom. The van der Waals surface area contributed by atoms with Crippen LogP contribution in [0.5, 0.6) is 0 Å². The number of H-pyrrole nitrogens is 1. The van der Waals surface area contributed by atoms with E-state index in [0.29, 0.717) is 13.1 Å². The molecule has 0 atom stereocenters. The molecule has 0 spiro atoms. The highest BCUT2D eigenvalue weighted by Crippen LogP contribution is 2.12. The third-order valence-corrected chi connectivity index (χ3v) is 4.63. The fourth-order valence-electron chi connectivity index (χ4n) is 2.12. The predicted octanol–water partition coefficient (Wildman–Crippen LogP) is -0.601. The van der Waals surface area contributed by atoms with Crippen molar-refractivity contribution in [1.29, 1.82) is 0 Å². The van der Waals surface area contributed by atoms with Gasteiger partial charge in [-0.2, -0.15) is 5.10 Å². The molecule has 0 bridgehead atoms. The van der Waals surface area contributed by atoms with Gasteiger partial charge < -0.3 is 10.0 Å². The monoisotopic (exact) mass is 316 g/mol. The van der Waals surface area contributed by atoms with Gasteiger partial charge in [-0.15, -0.1) is 0 Å². The molecular formula is C11H16N4O5S. The lowest BCUT2D eigenvalue weighted by Crippen LogP contribution is -2.33. The summed E-state index contributed by atoms with van der Waals surface area (Å²) in [5, 5.41) is 13.9. The molecule has 10 heteroatoms. The van der Waals surface area contributed by atoms with E-state index >= 15 is 0 Å². The zero-order valence-electron chi connectivity index (χ0n) is 11.2. The lowest BCUT2D eigenvalue weighted by atomic mass is 10.4. The van der Waals surface area contributed by atoms with E-state index in [4.69, 9.17) is 5.11 Å². The molecule has 2 heterocycles. The van der Waals surface area contributed by atoms with Crippen LogP contribution in [-0.2, 0) is 14.8 Å². The van der Waals surface area contributed by atoms with Crippen LogP contribution >= 0.6 is 0 Å². The SMILES string of the molecule is O=C(O)c1cn[nH]c1S(=O)(=O)NCCC(=O)N1CCCC1. The molecule has 21 heavy (non-hydrogen) atoms. The Bertz CT molecular complexity index is 633. The number of nitrogens with zero attached hydrogens (tertiary/aromatic N) is 2. The van der Waals surface area contributed by atoms with Gasteiger partial charge in [-0.1, -0.05) is 0 Å². The maximum Gasteiger partial charge on any atom is 0.340 e. The molecule has 1 aliphatic heterocycles. The van der Waals surface area contributed by atoms with Crippen LogP contribution in [0.2, 0.25) is 0 Å². The Labute approximate surface area is 121 Å². The highest BCUT2D eigenvalue weighted by Gasteiger charge is 2.25. The van der Waals surface area contributed by atoms with Crippen molar-refractivity contribution in [3.63, 3.8) is 0 Å². The minimum atomic E-state index is -4.03. The van der Waals surface area contributed by atoms with Crippen molar-refractivity contribution in [2.75, 3.05) is 19.6 Å². The van der Waals surface area contributed by atoms with Crippen LogP contribution in [0.3, 0.4) is 0 Å². The first kappa shape index (κ1) is 15.4. The fourth-order valence-corrected chi connectivity index (χ4v) is 3.24. The summed E-state index contributed by atoms with van der Waals surface area (Å²) in [6.07, 6.45) is 2.89. The Morgan fingerprint density at radius 3 is 2.67 bits per heavy atom. The molecule has 3 N–H and O–H groups in total. The molecule has 1 aromatic heterocycles. The maximum atomic E-state index is 12.0. The van der Waals surface area contributed by atoms with Crippen LogP contribution < -0.4 is 4.72 Å². The summed E-state index contributed by atoms with van der Waals surface area (Å²) in [5.41, 5.74) is -0.437. The van der Waals surface area contributed by atoms with Crippen LogP contribution in [0.15, 0.2) is 11.2 Å². The number of aromatic carboxylic acids is 1. The third-order valence-electron chi connectivity index (χ3n) is 3.19. The number of carboxylic acids is 1. The molecule has 0 saturated carbocycles. The predicted molar refractivity (Wildman–Crippen MR) is 71.2 cm³/mol. The largest absolute Gasteiger partial charge is 0.478 e. The van der Waals surface area contributed by atoms with Gasteiger partial charge in [0.05, 0.1) is 6.20 Å². The first-order chi connectivity index (χ1) is 9.92. The van der Waals surface area contributed by atoms with Crippen molar-refractivity contribution in [1.82, 2.24) is 19.8 Å². The molecule has 0 unspecified atom stereocenters. The second-order valence-electron chi connectivity index (χ2n) is 4.65. The topological polar surface area (TPSA) is 132 Å². The summed E-state index contributed by atoms with van der Waals surface area (Å²) in [6.45, 7) is 1.32. The average molecular weight is 316 g/mol. The lowest BCUT2D eigenvalue weighted by Gasteiger charge is -2.15. The number of hydrogen-bond acceptors (Lipinski definition) is 5. The molecule has 1 aliphatic rings. The fraction of sp³-hybridized carbons (Fsp3) is 0.545. The normalized spacial score (nSPS) is 15.3. The van der Waals surface area contributed by atoms with E-state index in [-0.39, 0.29) is 18.9 Å². The standard InChI is InChI=1S/C11H16N4O5S/c16-9(15-5-1-2-6-15)3-4-13-21(19,20)10-8(11(17)18)7-12-14-10/h7,13H,1-6H2,(H,12,14)(H,17,18). The van der Waals surface area contributed by atoms with E-state index in [0.717, 1.165) is 19.0 Å². The molecule has 9 nitrogen and oxygen atoms in total. The number of amides is 1. The van der Waals surface area contributed by atoms with Gasteiger partial charge in [0.2, 0.25) is 5.91 Å². The second kappa shape index (κ2) is 6.22. The summed E-state index contributed by atoms with van der Waals surface area (Å²) >= 11 is 0. The molecule has 1 fully saturated rings. The molecular weight excluding hydrogens is 300 g/mol. The number of nitrogens with one attached hydrogen (secondary N) is 2. The van der Waals surface area contributed by atoms with Crippen molar-refractivity contribution < 1.29 is 23.1 Å². The van der Waals surface area contributed by atoms with Gasteiger partial charge in [0.25, 0.3) is 10.0 Å². The number of aromatic nitrogens is 2. The number of carbonyl (C=O) groups is 2. The van der Waals surface area contributed by atoms with Crippen molar-refractivity contribution >= 4 is 21.9 Å². The van der Waals surface area contributed by atoms with Gasteiger partial charge in [0.1, 0.15) is 5.56 Å². The Morgan fingerprint density at radius 2 is 2.05 bits per heavy atom. The van der Waals surface area contributed by atoms with E-state index in [2.05, 4.69) is 14.9 Å². The Kier molecular flexibility index (Phi) is 4.58. The van der Waals surface area contributed by atoms with E-state index in [1.807, 2.05) is 0 Å². The van der Waals surface area contributed by atoms with Crippen molar-refractivity contribution in [3.05, 3.63) is 11.8 Å². The molecule has 0 aliphatic carbocycles. The Balaban J connectivity index is 1.93. The number of rotatable bonds is 6. The van der Waals surface area contributed by atoms with Crippen LogP contribution in [-0.4, -0.2) is 60.1 Å². The zero-order valence-corrected chi connectivity index (χ0v) is 12.0. The molecule has 1 saturated heterocycles. The van der Waals surface area contributed by atoms with Gasteiger partial charge in [0.15, 0.2) is 5.03 Å². The van der Waals surface area contributed by atoms with Crippen LogP contribution in [0.4, 0.5) is 0 Å². The lowest BCUT2D eigenvalue weighted by molar-refractivity contribution is -0.129. The summed E-state index contributed by atoms with van der Waals surface area (Å²) in [7, 11) is -4.03. The van der Waals surface area contributed by atoms with Gasteiger partial charge in [-0.05, 0) is 12.8 Å². The highest BCUT2D eigenvalue weighted by atomic mass is 32.2. The number of hydrogen-bond donors (Lipinski definition) is 3. The quantitative estimate of drug-likeness (QED) is 0.642. The van der Waals surface area contributed by atoms with Crippen LogP contribution in [0.25, 0.3) is 0 Å². The molecule has 1 amide bonds. The van der Waals surface area contributed by atoms with E-state index in [1.54, 1.807) is 4.90 Å². The van der Waals surface area contributed by atoms with E-state index in [1.165, 1.54) is 0 Å². The number of carboxylic acid groups (broad SMARTS) is 1. The molecule has 116 valence electrons. The van der Waals surface area contributed by atoms with Gasteiger partial charge in [-0.3, -0.25) is 9.89 Å². The van der Waals surface area contributed by atoms with Crippen LogP contribution in [0, 0.1) is 0 Å². The van der Waals surface area contributed by atoms with Crippen molar-refractivity contribution in [2.45, 2.75) is 24.3 Å². The van der Waals surface area contributed by atoms with Crippen molar-refractivity contribution in [2.24, 2.45) is 0 Å². The smallest absolute Gasteiger partial charge is 0.340 e. The van der Waals surface area contributed by atoms with Crippen molar-refractivity contribution in [3.8, 4) is 0 Å². The molecule has 0 aromatic carbocycles. The zero-order chi connectivity index (χ0) is 15.5. The highest BCUT2D eigenvalue weighted by molar-refractivity contribution is 7.89. The number of likely N-dealkylation sites (tertiary alicyclic amines) is 1. The summed E-state index contributed by atoms with van der Waals surface area (Å²) in [6, 6.07) is 0. The van der Waals surface area contributed by atoms with Gasteiger partial charge >= 0.3 is 5.97 Å². The molecule has 0 radical (unpaired) electrons. The number of carbonyl (C=O) groups excluding carboxylic acids is 1. The Hall–Kier alpha value is -1.94.